The summed E-state index contributed by atoms with van der Waals surface area (Å²) in [6.45, 7) is 6.00. The minimum absolute atomic E-state index is 0.102. The van der Waals surface area contributed by atoms with Crippen LogP contribution >= 0.6 is 11.8 Å². The van der Waals surface area contributed by atoms with Crippen LogP contribution in [0.25, 0.3) is 0 Å². The molecular formula is C17H25NO4S. The standard InChI is InChI=1S/C17H25NO4S/c1-17(2,3)12-7-5-6-8-14(12)22-11-15(19)18-13(16(20)21)9-10-23-4/h5-8,13H,9-11H2,1-4H3,(H,18,19)(H,20,21). The third-order valence-corrected chi connectivity index (χ3v) is 3.94. The molecule has 0 fully saturated rings. The van der Waals surface area contributed by atoms with Gasteiger partial charge in [0.1, 0.15) is 11.8 Å². The molecule has 128 valence electrons. The van der Waals surface area contributed by atoms with E-state index in [4.69, 9.17) is 9.84 Å². The second-order valence-electron chi connectivity index (χ2n) is 6.27. The molecule has 0 aliphatic carbocycles. The first-order valence-electron chi connectivity index (χ1n) is 7.49. The van der Waals surface area contributed by atoms with Gasteiger partial charge in [-0.25, -0.2) is 4.79 Å². The summed E-state index contributed by atoms with van der Waals surface area (Å²) in [6.07, 6.45) is 2.29. The van der Waals surface area contributed by atoms with Gasteiger partial charge in [-0.3, -0.25) is 4.79 Å². The molecule has 0 aromatic heterocycles. The Hall–Kier alpha value is -1.69. The zero-order valence-corrected chi connectivity index (χ0v) is 14.9. The maximum atomic E-state index is 11.9. The van der Waals surface area contributed by atoms with Crippen molar-refractivity contribution in [2.24, 2.45) is 0 Å². The lowest BCUT2D eigenvalue weighted by atomic mass is 9.86. The molecule has 1 amide bonds. The van der Waals surface area contributed by atoms with Crippen LogP contribution in [0.1, 0.15) is 32.8 Å². The number of ether oxygens (including phenoxy) is 1. The van der Waals surface area contributed by atoms with Crippen molar-refractivity contribution in [1.82, 2.24) is 5.32 Å². The predicted molar refractivity (Wildman–Crippen MR) is 93.2 cm³/mol. The Labute approximate surface area is 141 Å². The highest BCUT2D eigenvalue weighted by molar-refractivity contribution is 7.98. The highest BCUT2D eigenvalue weighted by Crippen LogP contribution is 2.30. The molecule has 0 radical (unpaired) electrons. The van der Waals surface area contributed by atoms with Crippen LogP contribution in [-0.4, -0.2) is 41.6 Å². The van der Waals surface area contributed by atoms with Gasteiger partial charge in [-0.15, -0.1) is 0 Å². The lowest BCUT2D eigenvalue weighted by Gasteiger charge is -2.22. The van der Waals surface area contributed by atoms with Gasteiger partial charge in [0, 0.05) is 0 Å². The molecule has 5 nitrogen and oxygen atoms in total. The monoisotopic (exact) mass is 339 g/mol. The van der Waals surface area contributed by atoms with Crippen molar-refractivity contribution in [3.63, 3.8) is 0 Å². The Morgan fingerprint density at radius 2 is 1.96 bits per heavy atom. The van der Waals surface area contributed by atoms with Crippen molar-refractivity contribution < 1.29 is 19.4 Å². The summed E-state index contributed by atoms with van der Waals surface area (Å²) in [7, 11) is 0. The SMILES string of the molecule is CSCCC(NC(=O)COc1ccccc1C(C)(C)C)C(=O)O. The zero-order chi connectivity index (χ0) is 17.5. The van der Waals surface area contributed by atoms with E-state index < -0.39 is 17.9 Å². The van der Waals surface area contributed by atoms with Crippen LogP contribution in [0.15, 0.2) is 24.3 Å². The summed E-state index contributed by atoms with van der Waals surface area (Å²) in [6, 6.07) is 6.68. The second-order valence-corrected chi connectivity index (χ2v) is 7.26. The summed E-state index contributed by atoms with van der Waals surface area (Å²) in [5.74, 6) is -0.138. The second kappa shape index (κ2) is 8.82. The molecule has 0 saturated heterocycles. The van der Waals surface area contributed by atoms with Crippen molar-refractivity contribution >= 4 is 23.6 Å². The fraction of sp³-hybridized carbons (Fsp3) is 0.529. The topological polar surface area (TPSA) is 75.6 Å². The van der Waals surface area contributed by atoms with E-state index in [1.165, 1.54) is 0 Å². The van der Waals surface area contributed by atoms with E-state index in [1.807, 2.05) is 30.5 Å². The van der Waals surface area contributed by atoms with Gasteiger partial charge in [-0.1, -0.05) is 39.0 Å². The van der Waals surface area contributed by atoms with E-state index in [9.17, 15) is 9.59 Å². The Bertz CT molecular complexity index is 540. The maximum absolute atomic E-state index is 11.9. The fourth-order valence-electron chi connectivity index (χ4n) is 2.08. The molecule has 0 heterocycles. The average Bonchev–Trinajstić information content (AvgIpc) is 2.48. The van der Waals surface area contributed by atoms with Gasteiger partial charge >= 0.3 is 5.97 Å². The minimum Gasteiger partial charge on any atom is -0.483 e. The number of carboxylic acid groups (broad SMARTS) is 1. The predicted octanol–water partition coefficient (Wildman–Crippen LogP) is 2.69. The van der Waals surface area contributed by atoms with E-state index in [1.54, 1.807) is 11.8 Å². The normalized spacial score (nSPS) is 12.5. The number of nitrogens with one attached hydrogen (secondary N) is 1. The molecule has 1 atom stereocenters. The molecule has 0 saturated carbocycles. The van der Waals surface area contributed by atoms with Crippen molar-refractivity contribution in [2.45, 2.75) is 38.6 Å². The number of carbonyl (C=O) groups excluding carboxylic acids is 1. The third kappa shape index (κ3) is 6.52. The lowest BCUT2D eigenvalue weighted by molar-refractivity contribution is -0.142. The number of carbonyl (C=O) groups is 2. The Balaban J connectivity index is 2.64. The van der Waals surface area contributed by atoms with Gasteiger partial charge < -0.3 is 15.2 Å². The largest absolute Gasteiger partial charge is 0.483 e. The van der Waals surface area contributed by atoms with E-state index in [-0.39, 0.29) is 12.0 Å². The summed E-state index contributed by atoms with van der Waals surface area (Å²) in [5, 5.41) is 11.6. The van der Waals surface area contributed by atoms with E-state index in [2.05, 4.69) is 26.1 Å². The summed E-state index contributed by atoms with van der Waals surface area (Å²) >= 11 is 1.54. The zero-order valence-electron chi connectivity index (χ0n) is 14.1. The van der Waals surface area contributed by atoms with Gasteiger partial charge in [0.15, 0.2) is 6.61 Å². The molecule has 2 N–H and O–H groups in total. The van der Waals surface area contributed by atoms with Crippen molar-refractivity contribution in [1.29, 1.82) is 0 Å². The molecule has 0 bridgehead atoms. The van der Waals surface area contributed by atoms with Crippen molar-refractivity contribution in [3.8, 4) is 5.75 Å². The number of hydrogen-bond acceptors (Lipinski definition) is 4. The minimum atomic E-state index is -1.03. The number of para-hydroxylation sites is 1. The Morgan fingerprint density at radius 3 is 2.52 bits per heavy atom. The highest BCUT2D eigenvalue weighted by Gasteiger charge is 2.21. The molecule has 1 aromatic rings. The highest BCUT2D eigenvalue weighted by atomic mass is 32.2. The van der Waals surface area contributed by atoms with Crippen molar-refractivity contribution in [2.75, 3.05) is 18.6 Å². The number of rotatable bonds is 8. The third-order valence-electron chi connectivity index (χ3n) is 3.30. The summed E-state index contributed by atoms with van der Waals surface area (Å²) < 4.78 is 5.60. The average molecular weight is 339 g/mol. The van der Waals surface area contributed by atoms with Crippen LogP contribution in [0.2, 0.25) is 0 Å². The smallest absolute Gasteiger partial charge is 0.326 e. The van der Waals surface area contributed by atoms with Crippen LogP contribution in [-0.2, 0) is 15.0 Å². The molecule has 1 rings (SSSR count). The number of carboxylic acids is 1. The molecule has 6 heteroatoms. The van der Waals surface area contributed by atoms with E-state index >= 15 is 0 Å². The van der Waals surface area contributed by atoms with Crippen LogP contribution in [0.4, 0.5) is 0 Å². The van der Waals surface area contributed by atoms with Crippen molar-refractivity contribution in [3.05, 3.63) is 29.8 Å². The number of aliphatic carboxylic acids is 1. The molecular weight excluding hydrogens is 314 g/mol. The number of thioether (sulfide) groups is 1. The molecule has 23 heavy (non-hydrogen) atoms. The van der Waals surface area contributed by atoms with Crippen LogP contribution in [0, 0.1) is 0 Å². The molecule has 0 aliphatic rings. The maximum Gasteiger partial charge on any atom is 0.326 e. The van der Waals surface area contributed by atoms with Crippen LogP contribution in [0.3, 0.4) is 0 Å². The first-order valence-corrected chi connectivity index (χ1v) is 8.88. The lowest BCUT2D eigenvalue weighted by Crippen LogP contribution is -2.43. The number of hydrogen-bond donors (Lipinski definition) is 2. The van der Waals surface area contributed by atoms with Crippen LogP contribution in [0.5, 0.6) is 5.75 Å². The quantitative estimate of drug-likeness (QED) is 0.761. The van der Waals surface area contributed by atoms with Gasteiger partial charge in [-0.05, 0) is 35.5 Å². The number of amides is 1. The number of benzene rings is 1. The van der Waals surface area contributed by atoms with Gasteiger partial charge in [0.25, 0.3) is 5.91 Å². The van der Waals surface area contributed by atoms with Gasteiger partial charge in [0.2, 0.25) is 0 Å². The molecule has 1 unspecified atom stereocenters. The molecule has 1 aromatic carbocycles. The van der Waals surface area contributed by atoms with Crippen LogP contribution < -0.4 is 10.1 Å². The Kier molecular flexibility index (Phi) is 7.42. The first kappa shape index (κ1) is 19.4. The van der Waals surface area contributed by atoms with Gasteiger partial charge in [-0.2, -0.15) is 11.8 Å². The Morgan fingerprint density at radius 1 is 1.30 bits per heavy atom. The van der Waals surface area contributed by atoms with E-state index in [0.29, 0.717) is 17.9 Å². The fourth-order valence-corrected chi connectivity index (χ4v) is 2.56. The molecule has 0 aliphatic heterocycles. The van der Waals surface area contributed by atoms with Gasteiger partial charge in [0.05, 0.1) is 0 Å². The molecule has 0 spiro atoms. The summed E-state index contributed by atoms with van der Waals surface area (Å²) in [4.78, 5) is 23.1. The van der Waals surface area contributed by atoms with E-state index in [0.717, 1.165) is 5.56 Å². The first-order chi connectivity index (χ1) is 10.8. The summed E-state index contributed by atoms with van der Waals surface area (Å²) in [5.41, 5.74) is 0.902.